The zero-order valence-corrected chi connectivity index (χ0v) is 28.5. The van der Waals surface area contributed by atoms with Gasteiger partial charge in [-0.25, -0.2) is 4.39 Å². The van der Waals surface area contributed by atoms with Crippen molar-refractivity contribution < 1.29 is 28.4 Å². The molecule has 3 atom stereocenters. The summed E-state index contributed by atoms with van der Waals surface area (Å²) in [6.45, 7) is 6.04. The van der Waals surface area contributed by atoms with Crippen molar-refractivity contribution >= 4 is 29.5 Å². The van der Waals surface area contributed by atoms with Crippen LogP contribution in [0.25, 0.3) is 0 Å². The molecule has 0 radical (unpaired) electrons. The predicted molar refractivity (Wildman–Crippen MR) is 185 cm³/mol. The standard InChI is InChI=1S/C38H43FN6O5/c1-24(2)17-32-36(48)42-25(3)34(46)41-15-7-8-16-45(38(50)30-18-28(22-40)19-31(39)21-30)23-27-11-13-29(14-12-27)35(47)43-33(37(49)44-32)20-26-9-5-4-6-10-26/h4-6,9-14,18-19,21,24-25,32-33H,7-8,15-17,20,23H2,1-3H3,(H,41,46)(H,42,48)(H,43,47)(H,44,49)/t25-,32+,33-/m1/s1. The second-order valence-electron chi connectivity index (χ2n) is 12.9. The molecule has 0 aromatic heterocycles. The molecule has 0 saturated heterocycles. The lowest BCUT2D eigenvalue weighted by atomic mass is 10.0. The van der Waals surface area contributed by atoms with Crippen molar-refractivity contribution in [3.63, 3.8) is 0 Å². The van der Waals surface area contributed by atoms with Crippen molar-refractivity contribution in [3.05, 3.63) is 106 Å². The molecule has 11 nitrogen and oxygen atoms in total. The molecular formula is C38H43FN6O5. The van der Waals surface area contributed by atoms with Gasteiger partial charge in [-0.15, -0.1) is 0 Å². The lowest BCUT2D eigenvalue weighted by molar-refractivity contribution is -0.132. The van der Waals surface area contributed by atoms with Crippen molar-refractivity contribution in [3.8, 4) is 6.07 Å². The van der Waals surface area contributed by atoms with E-state index in [0.717, 1.165) is 17.7 Å². The highest BCUT2D eigenvalue weighted by Gasteiger charge is 2.29. The van der Waals surface area contributed by atoms with Crippen molar-refractivity contribution in [1.82, 2.24) is 26.2 Å². The quantitative estimate of drug-likeness (QED) is 0.301. The Bertz CT molecular complexity index is 1720. The smallest absolute Gasteiger partial charge is 0.254 e. The van der Waals surface area contributed by atoms with E-state index in [2.05, 4.69) is 21.3 Å². The van der Waals surface area contributed by atoms with Crippen molar-refractivity contribution in [2.24, 2.45) is 5.92 Å². The molecule has 2 heterocycles. The summed E-state index contributed by atoms with van der Waals surface area (Å²) < 4.78 is 14.2. The third-order valence-corrected chi connectivity index (χ3v) is 8.30. The van der Waals surface area contributed by atoms with Crippen LogP contribution in [0.1, 0.15) is 77.4 Å². The maximum Gasteiger partial charge on any atom is 0.254 e. The highest BCUT2D eigenvalue weighted by molar-refractivity contribution is 5.99. The van der Waals surface area contributed by atoms with E-state index in [4.69, 9.17) is 0 Å². The largest absolute Gasteiger partial charge is 0.354 e. The van der Waals surface area contributed by atoms with E-state index in [9.17, 15) is 33.6 Å². The summed E-state index contributed by atoms with van der Waals surface area (Å²) in [5, 5.41) is 20.4. The lowest BCUT2D eigenvalue weighted by Gasteiger charge is -2.25. The number of nitrogens with zero attached hydrogens (tertiary/aromatic N) is 2. The van der Waals surface area contributed by atoms with Gasteiger partial charge in [0.1, 0.15) is 23.9 Å². The van der Waals surface area contributed by atoms with Crippen LogP contribution in [0.2, 0.25) is 0 Å². The van der Waals surface area contributed by atoms with Gasteiger partial charge in [0.25, 0.3) is 11.8 Å². The fourth-order valence-corrected chi connectivity index (χ4v) is 5.64. The Kier molecular flexibility index (Phi) is 13.2. The Morgan fingerprint density at radius 2 is 1.60 bits per heavy atom. The molecule has 2 aliphatic rings. The molecule has 0 spiro atoms. The molecule has 5 amide bonds. The minimum absolute atomic E-state index is 0.0197. The SMILES string of the molecule is CC(C)C[C@@H]1NC(=O)[C@@H](Cc2ccccc2)NC(=O)c2ccc(cc2)CN(C(=O)c2cc(F)cc(C#N)c2)CCCCNC(=O)[C@@H](C)NC1=O. The first-order valence-electron chi connectivity index (χ1n) is 16.8. The van der Waals surface area contributed by atoms with Crippen LogP contribution >= 0.6 is 0 Å². The molecule has 2 aliphatic heterocycles. The van der Waals surface area contributed by atoms with Gasteiger partial charge in [0.15, 0.2) is 0 Å². The predicted octanol–water partition coefficient (Wildman–Crippen LogP) is 3.63. The molecule has 262 valence electrons. The number of halogens is 1. The van der Waals surface area contributed by atoms with Gasteiger partial charge < -0.3 is 26.2 Å². The first kappa shape index (κ1) is 37.3. The highest BCUT2D eigenvalue weighted by atomic mass is 19.1. The molecular weight excluding hydrogens is 639 g/mol. The van der Waals surface area contributed by atoms with E-state index in [1.807, 2.05) is 50.2 Å². The fraction of sp³-hybridized carbons (Fsp3) is 0.368. The Morgan fingerprint density at radius 1 is 0.900 bits per heavy atom. The first-order chi connectivity index (χ1) is 23.9. The summed E-state index contributed by atoms with van der Waals surface area (Å²) >= 11 is 0. The van der Waals surface area contributed by atoms with Crippen LogP contribution in [-0.4, -0.2) is 65.7 Å². The van der Waals surface area contributed by atoms with Gasteiger partial charge in [-0.1, -0.05) is 56.3 Å². The van der Waals surface area contributed by atoms with Crippen LogP contribution < -0.4 is 21.3 Å². The van der Waals surface area contributed by atoms with E-state index in [-0.39, 0.29) is 48.7 Å². The summed E-state index contributed by atoms with van der Waals surface area (Å²) in [5.41, 5.74) is 1.82. The molecule has 0 saturated carbocycles. The summed E-state index contributed by atoms with van der Waals surface area (Å²) in [5.74, 6) is -3.14. The highest BCUT2D eigenvalue weighted by Crippen LogP contribution is 2.16. The van der Waals surface area contributed by atoms with E-state index < -0.39 is 53.5 Å². The molecule has 0 aliphatic carbocycles. The van der Waals surface area contributed by atoms with E-state index in [1.165, 1.54) is 11.0 Å². The molecule has 0 unspecified atom stereocenters. The Morgan fingerprint density at radius 3 is 2.28 bits per heavy atom. The molecule has 2 bridgehead atoms. The topological polar surface area (TPSA) is 160 Å². The average molecular weight is 683 g/mol. The first-order valence-corrected chi connectivity index (χ1v) is 16.8. The molecule has 0 fully saturated rings. The third kappa shape index (κ3) is 10.7. The van der Waals surface area contributed by atoms with Gasteiger partial charge in [0, 0.05) is 37.2 Å². The van der Waals surface area contributed by atoms with Crippen molar-refractivity contribution in [1.29, 1.82) is 5.26 Å². The number of nitriles is 1. The minimum atomic E-state index is -1.03. The van der Waals surface area contributed by atoms with Crippen molar-refractivity contribution in [2.75, 3.05) is 13.1 Å². The number of rotatable bonds is 5. The Labute approximate surface area is 291 Å². The van der Waals surface area contributed by atoms with Crippen molar-refractivity contribution in [2.45, 2.75) is 71.1 Å². The van der Waals surface area contributed by atoms with Gasteiger partial charge in [0.05, 0.1) is 11.6 Å². The third-order valence-electron chi connectivity index (χ3n) is 8.30. The molecule has 3 aromatic carbocycles. The number of fused-ring (bicyclic) bond motifs is 18. The van der Waals surface area contributed by atoms with Gasteiger partial charge >= 0.3 is 0 Å². The maximum atomic E-state index is 14.2. The number of carbonyl (C=O) groups is 5. The van der Waals surface area contributed by atoms with Crippen LogP contribution in [0.4, 0.5) is 4.39 Å². The Balaban J connectivity index is 1.64. The zero-order chi connectivity index (χ0) is 36.2. The van der Waals surface area contributed by atoms with Gasteiger partial charge in [-0.2, -0.15) is 5.26 Å². The van der Waals surface area contributed by atoms with Crippen LogP contribution in [-0.2, 0) is 27.3 Å². The van der Waals surface area contributed by atoms with Gasteiger partial charge in [-0.3, -0.25) is 24.0 Å². The zero-order valence-electron chi connectivity index (χ0n) is 28.5. The molecule has 12 heteroatoms. The summed E-state index contributed by atoms with van der Waals surface area (Å²) in [6, 6.07) is 18.2. The number of carbonyl (C=O) groups excluding carboxylic acids is 5. The van der Waals surface area contributed by atoms with Crippen LogP contribution in [0.5, 0.6) is 0 Å². The second kappa shape index (κ2) is 17.7. The number of hydrogen-bond donors (Lipinski definition) is 4. The summed E-state index contributed by atoms with van der Waals surface area (Å²) in [7, 11) is 0. The molecule has 3 aromatic rings. The lowest BCUT2D eigenvalue weighted by Crippen LogP contribution is -2.57. The monoisotopic (exact) mass is 682 g/mol. The average Bonchev–Trinajstić information content (AvgIpc) is 3.09. The molecule has 50 heavy (non-hydrogen) atoms. The number of benzene rings is 3. The Hall–Kier alpha value is -5.57. The minimum Gasteiger partial charge on any atom is -0.354 e. The maximum absolute atomic E-state index is 14.2. The number of nitrogens with one attached hydrogen (secondary N) is 4. The number of hydrogen-bond acceptors (Lipinski definition) is 6. The number of amides is 5. The van der Waals surface area contributed by atoms with Crippen LogP contribution in [0, 0.1) is 23.1 Å². The van der Waals surface area contributed by atoms with E-state index in [1.54, 1.807) is 31.2 Å². The van der Waals surface area contributed by atoms with Crippen LogP contribution in [0.15, 0.2) is 72.8 Å². The van der Waals surface area contributed by atoms with Gasteiger partial charge in [0.2, 0.25) is 17.7 Å². The fourth-order valence-electron chi connectivity index (χ4n) is 5.64. The van der Waals surface area contributed by atoms with E-state index >= 15 is 0 Å². The van der Waals surface area contributed by atoms with Gasteiger partial charge in [-0.05, 0) is 73.6 Å². The normalized spacial score (nSPS) is 19.8. The van der Waals surface area contributed by atoms with E-state index in [0.29, 0.717) is 24.8 Å². The molecule has 5 rings (SSSR count). The second-order valence-corrected chi connectivity index (χ2v) is 12.9. The summed E-state index contributed by atoms with van der Waals surface area (Å²) in [4.78, 5) is 68.6. The van der Waals surface area contributed by atoms with Crippen LogP contribution in [0.3, 0.4) is 0 Å². The summed E-state index contributed by atoms with van der Waals surface area (Å²) in [6.07, 6.45) is 1.45. The molecule has 4 N–H and O–H groups in total.